The van der Waals surface area contributed by atoms with Gasteiger partial charge in [-0.2, -0.15) is 0 Å². The zero-order valence-electron chi connectivity index (χ0n) is 12.3. The maximum atomic E-state index is 12.2. The van der Waals surface area contributed by atoms with Crippen LogP contribution in [0.3, 0.4) is 0 Å². The van der Waals surface area contributed by atoms with E-state index in [4.69, 9.17) is 14.6 Å². The van der Waals surface area contributed by atoms with Gasteiger partial charge in [0.2, 0.25) is 0 Å². The number of hydrogen-bond donors (Lipinski definition) is 2. The van der Waals surface area contributed by atoms with E-state index in [-0.39, 0.29) is 24.8 Å². The quantitative estimate of drug-likeness (QED) is 0.706. The Bertz CT molecular complexity index is 371. The predicted molar refractivity (Wildman–Crippen MR) is 74.2 cm³/mol. The summed E-state index contributed by atoms with van der Waals surface area (Å²) in [5.74, 6) is -1.01. The second-order valence-corrected chi connectivity index (χ2v) is 5.45. The van der Waals surface area contributed by atoms with Crippen LogP contribution in [-0.2, 0) is 14.3 Å². The number of aliphatic carboxylic acids is 1. The monoisotopic (exact) mass is 301 g/mol. The average Bonchev–Trinajstić information content (AvgIpc) is 2.47. The number of carboxylic acids is 1. The van der Waals surface area contributed by atoms with Gasteiger partial charge in [-0.1, -0.05) is 0 Å². The summed E-state index contributed by atoms with van der Waals surface area (Å²) in [6.07, 6.45) is 0.271. The Balaban J connectivity index is 1.83. The van der Waals surface area contributed by atoms with Crippen molar-refractivity contribution in [1.29, 1.82) is 0 Å². The second-order valence-electron chi connectivity index (χ2n) is 5.45. The number of carbonyl (C=O) groups is 2. The van der Waals surface area contributed by atoms with E-state index in [1.165, 1.54) is 0 Å². The molecular formula is C13H23N3O5. The molecule has 21 heavy (non-hydrogen) atoms. The Morgan fingerprint density at radius 1 is 1.33 bits per heavy atom. The van der Waals surface area contributed by atoms with E-state index in [0.717, 1.165) is 13.1 Å². The third-order valence-corrected chi connectivity index (χ3v) is 3.81. The van der Waals surface area contributed by atoms with Crippen molar-refractivity contribution >= 4 is 12.0 Å². The van der Waals surface area contributed by atoms with Crippen LogP contribution in [0.2, 0.25) is 0 Å². The Kier molecular flexibility index (Phi) is 5.77. The molecule has 2 rings (SSSR count). The van der Waals surface area contributed by atoms with Crippen molar-refractivity contribution in [3.05, 3.63) is 0 Å². The summed E-state index contributed by atoms with van der Waals surface area (Å²) < 4.78 is 10.7. The molecule has 2 fully saturated rings. The van der Waals surface area contributed by atoms with Gasteiger partial charge in [0.05, 0.1) is 18.8 Å². The summed E-state index contributed by atoms with van der Waals surface area (Å²) in [5.41, 5.74) is 0. The van der Waals surface area contributed by atoms with Crippen molar-refractivity contribution in [3.8, 4) is 0 Å². The number of amides is 2. The standard InChI is InChI=1S/C13H23N3O5/c1-15-3-5-16(6-4-15)13(19)14-10-8-20-7-2-11(10)21-9-12(17)18/h10-11H,2-9H2,1H3,(H,14,19)(H,17,18)/t10-,11+/m1/s1. The molecule has 0 aromatic heterocycles. The van der Waals surface area contributed by atoms with Gasteiger partial charge in [-0.25, -0.2) is 9.59 Å². The van der Waals surface area contributed by atoms with E-state index in [1.807, 2.05) is 7.05 Å². The number of ether oxygens (including phenoxy) is 2. The van der Waals surface area contributed by atoms with Crippen LogP contribution < -0.4 is 5.32 Å². The van der Waals surface area contributed by atoms with Gasteiger partial charge >= 0.3 is 12.0 Å². The normalized spacial score (nSPS) is 27.4. The molecule has 2 aliphatic rings. The third-order valence-electron chi connectivity index (χ3n) is 3.81. The molecule has 2 atom stereocenters. The third kappa shape index (κ3) is 4.83. The fraction of sp³-hybridized carbons (Fsp3) is 0.846. The van der Waals surface area contributed by atoms with Gasteiger partial charge in [0.1, 0.15) is 6.61 Å². The fourth-order valence-corrected chi connectivity index (χ4v) is 2.49. The maximum Gasteiger partial charge on any atom is 0.329 e. The number of rotatable bonds is 4. The summed E-state index contributed by atoms with van der Waals surface area (Å²) in [5, 5.41) is 11.6. The molecule has 8 nitrogen and oxygen atoms in total. The van der Waals surface area contributed by atoms with Gasteiger partial charge in [0.15, 0.2) is 0 Å². The number of urea groups is 1. The summed E-state index contributed by atoms with van der Waals surface area (Å²) >= 11 is 0. The first kappa shape index (κ1) is 16.0. The zero-order valence-corrected chi connectivity index (χ0v) is 12.3. The van der Waals surface area contributed by atoms with E-state index in [2.05, 4.69) is 10.2 Å². The van der Waals surface area contributed by atoms with Gasteiger partial charge in [-0.05, 0) is 13.5 Å². The van der Waals surface area contributed by atoms with E-state index < -0.39 is 5.97 Å². The molecule has 120 valence electrons. The molecule has 2 N–H and O–H groups in total. The summed E-state index contributed by atoms with van der Waals surface area (Å²) in [6.45, 7) is 3.61. The lowest BCUT2D eigenvalue weighted by Gasteiger charge is -2.36. The number of carbonyl (C=O) groups excluding carboxylic acids is 1. The number of carboxylic acid groups (broad SMARTS) is 1. The van der Waals surface area contributed by atoms with Crippen LogP contribution in [0.15, 0.2) is 0 Å². The SMILES string of the molecule is CN1CCN(C(=O)N[C@@H]2COCC[C@@H]2OCC(=O)O)CC1. The van der Waals surface area contributed by atoms with Crippen LogP contribution in [0.5, 0.6) is 0 Å². The smallest absolute Gasteiger partial charge is 0.329 e. The van der Waals surface area contributed by atoms with Gasteiger partial charge in [0.25, 0.3) is 0 Å². The van der Waals surface area contributed by atoms with Crippen molar-refractivity contribution in [2.75, 3.05) is 53.0 Å². The number of nitrogens with zero attached hydrogens (tertiary/aromatic N) is 2. The van der Waals surface area contributed by atoms with Crippen molar-refractivity contribution in [2.45, 2.75) is 18.6 Å². The molecule has 0 saturated carbocycles. The lowest BCUT2D eigenvalue weighted by Crippen LogP contribution is -2.57. The number of nitrogens with one attached hydrogen (secondary N) is 1. The first-order chi connectivity index (χ1) is 10.1. The Labute approximate surface area is 124 Å². The molecule has 2 saturated heterocycles. The molecule has 0 unspecified atom stereocenters. The molecule has 0 radical (unpaired) electrons. The van der Waals surface area contributed by atoms with E-state index in [9.17, 15) is 9.59 Å². The van der Waals surface area contributed by atoms with E-state index in [0.29, 0.717) is 32.7 Å². The predicted octanol–water partition coefficient (Wildman–Crippen LogP) is -0.798. The van der Waals surface area contributed by atoms with Crippen molar-refractivity contribution < 1.29 is 24.2 Å². The topological polar surface area (TPSA) is 91.3 Å². The summed E-state index contributed by atoms with van der Waals surface area (Å²) in [7, 11) is 2.03. The Hall–Kier alpha value is -1.38. The molecule has 2 heterocycles. The highest BCUT2D eigenvalue weighted by molar-refractivity contribution is 5.74. The molecule has 0 spiro atoms. The number of hydrogen-bond acceptors (Lipinski definition) is 5. The average molecular weight is 301 g/mol. The minimum atomic E-state index is -1.01. The second kappa shape index (κ2) is 7.58. The Morgan fingerprint density at radius 3 is 2.71 bits per heavy atom. The van der Waals surface area contributed by atoms with Crippen LogP contribution in [0, 0.1) is 0 Å². The summed E-state index contributed by atoms with van der Waals surface area (Å²) in [6, 6.07) is -0.437. The highest BCUT2D eigenvalue weighted by atomic mass is 16.5. The molecular weight excluding hydrogens is 278 g/mol. The first-order valence-corrected chi connectivity index (χ1v) is 7.21. The highest BCUT2D eigenvalue weighted by Crippen LogP contribution is 2.13. The van der Waals surface area contributed by atoms with Gasteiger partial charge in [-0.3, -0.25) is 0 Å². The molecule has 8 heteroatoms. The van der Waals surface area contributed by atoms with E-state index in [1.54, 1.807) is 4.90 Å². The van der Waals surface area contributed by atoms with Crippen molar-refractivity contribution in [2.24, 2.45) is 0 Å². The van der Waals surface area contributed by atoms with Crippen LogP contribution in [-0.4, -0.2) is 92.1 Å². The fourth-order valence-electron chi connectivity index (χ4n) is 2.49. The van der Waals surface area contributed by atoms with Gasteiger partial charge in [-0.15, -0.1) is 0 Å². The van der Waals surface area contributed by atoms with Gasteiger partial charge < -0.3 is 29.7 Å². The van der Waals surface area contributed by atoms with Crippen LogP contribution in [0.1, 0.15) is 6.42 Å². The molecule has 2 aliphatic heterocycles. The minimum absolute atomic E-state index is 0.137. The van der Waals surface area contributed by atoms with Crippen molar-refractivity contribution in [3.63, 3.8) is 0 Å². The lowest BCUT2D eigenvalue weighted by atomic mass is 10.1. The number of piperazine rings is 1. The minimum Gasteiger partial charge on any atom is -0.480 e. The van der Waals surface area contributed by atoms with E-state index >= 15 is 0 Å². The maximum absolute atomic E-state index is 12.2. The van der Waals surface area contributed by atoms with Crippen LogP contribution in [0.4, 0.5) is 4.79 Å². The number of likely N-dealkylation sites (N-methyl/N-ethyl adjacent to an activating group) is 1. The summed E-state index contributed by atoms with van der Waals surface area (Å²) in [4.78, 5) is 26.8. The Morgan fingerprint density at radius 2 is 2.05 bits per heavy atom. The molecule has 2 amide bonds. The highest BCUT2D eigenvalue weighted by Gasteiger charge is 2.30. The molecule has 0 aromatic carbocycles. The van der Waals surface area contributed by atoms with Crippen LogP contribution >= 0.6 is 0 Å². The zero-order chi connectivity index (χ0) is 15.2. The largest absolute Gasteiger partial charge is 0.480 e. The molecule has 0 aliphatic carbocycles. The molecule has 0 bridgehead atoms. The lowest BCUT2D eigenvalue weighted by molar-refractivity contribution is -0.147. The van der Waals surface area contributed by atoms with Crippen LogP contribution in [0.25, 0.3) is 0 Å². The first-order valence-electron chi connectivity index (χ1n) is 7.21. The van der Waals surface area contributed by atoms with Crippen molar-refractivity contribution in [1.82, 2.24) is 15.1 Å². The molecule has 0 aromatic rings. The van der Waals surface area contributed by atoms with Gasteiger partial charge in [0, 0.05) is 32.8 Å².